The van der Waals surface area contributed by atoms with Crippen LogP contribution in [-0.2, 0) is 4.74 Å². The first-order valence-corrected chi connectivity index (χ1v) is 8.92. The minimum atomic E-state index is -0.0480. The summed E-state index contributed by atoms with van der Waals surface area (Å²) >= 11 is 0. The smallest absolute Gasteiger partial charge is 0.317 e. The normalized spacial score (nSPS) is 28.3. The molecule has 3 aliphatic heterocycles. The van der Waals surface area contributed by atoms with Gasteiger partial charge >= 0.3 is 6.03 Å². The summed E-state index contributed by atoms with van der Waals surface area (Å²) < 4.78 is 11.0. The number of amides is 2. The molecule has 1 aromatic rings. The topological polar surface area (TPSA) is 79.8 Å². The van der Waals surface area contributed by atoms with Gasteiger partial charge in [0.15, 0.2) is 0 Å². The summed E-state index contributed by atoms with van der Waals surface area (Å²) in [5.74, 6) is 1.83. The van der Waals surface area contributed by atoms with Crippen LogP contribution in [0, 0.1) is 11.3 Å². The van der Waals surface area contributed by atoms with Crippen molar-refractivity contribution in [3.8, 4) is 5.88 Å². The number of ether oxygens (including phenoxy) is 2. The Hall–Kier alpha value is -2.09. The third-order valence-corrected chi connectivity index (χ3v) is 5.67. The molecule has 3 saturated heterocycles. The fourth-order valence-electron chi connectivity index (χ4n) is 4.15. The summed E-state index contributed by atoms with van der Waals surface area (Å²) in [6, 6.07) is 1.91. The Morgan fingerprint density at radius 3 is 3.08 bits per heavy atom. The van der Waals surface area contributed by atoms with Crippen LogP contribution in [0.5, 0.6) is 5.88 Å². The van der Waals surface area contributed by atoms with E-state index in [2.05, 4.69) is 20.2 Å². The molecule has 4 rings (SSSR count). The molecular formula is C17H25N5O3. The summed E-state index contributed by atoms with van der Waals surface area (Å²) in [7, 11) is 1.61. The summed E-state index contributed by atoms with van der Waals surface area (Å²) in [6.07, 6.45) is 3.74. The lowest BCUT2D eigenvalue weighted by Gasteiger charge is -2.29. The second kappa shape index (κ2) is 6.67. The quantitative estimate of drug-likeness (QED) is 0.866. The summed E-state index contributed by atoms with van der Waals surface area (Å²) in [5, 5.41) is 3.15. The highest BCUT2D eigenvalue weighted by Crippen LogP contribution is 2.42. The highest BCUT2D eigenvalue weighted by molar-refractivity contribution is 5.74. The first kappa shape index (κ1) is 16.4. The lowest BCUT2D eigenvalue weighted by atomic mass is 9.81. The van der Waals surface area contributed by atoms with E-state index in [1.54, 1.807) is 7.11 Å². The molecule has 136 valence electrons. The molecule has 0 aliphatic carbocycles. The zero-order valence-corrected chi connectivity index (χ0v) is 14.6. The number of anilines is 1. The maximum Gasteiger partial charge on any atom is 0.317 e. The average Bonchev–Trinajstić information content (AvgIpc) is 3.35. The molecule has 0 unspecified atom stereocenters. The first-order valence-electron chi connectivity index (χ1n) is 8.92. The highest BCUT2D eigenvalue weighted by atomic mass is 16.5. The molecule has 3 fully saturated rings. The van der Waals surface area contributed by atoms with Gasteiger partial charge in [0.2, 0.25) is 5.88 Å². The molecule has 0 saturated carbocycles. The molecule has 8 nitrogen and oxygen atoms in total. The number of nitrogens with one attached hydrogen (secondary N) is 1. The van der Waals surface area contributed by atoms with E-state index in [4.69, 9.17) is 9.47 Å². The van der Waals surface area contributed by atoms with Crippen molar-refractivity contribution >= 4 is 11.8 Å². The number of urea groups is 1. The maximum absolute atomic E-state index is 12.3. The van der Waals surface area contributed by atoms with Crippen molar-refractivity contribution in [1.82, 2.24) is 20.2 Å². The van der Waals surface area contributed by atoms with Gasteiger partial charge in [0.25, 0.3) is 0 Å². The zero-order chi connectivity index (χ0) is 17.3. The van der Waals surface area contributed by atoms with Crippen molar-refractivity contribution in [3.63, 3.8) is 0 Å². The van der Waals surface area contributed by atoms with Crippen LogP contribution in [0.4, 0.5) is 10.6 Å². The van der Waals surface area contributed by atoms with Crippen LogP contribution in [0.3, 0.4) is 0 Å². The monoisotopic (exact) mass is 347 g/mol. The summed E-state index contributed by atoms with van der Waals surface area (Å²) in [4.78, 5) is 25.0. The number of carbonyl (C=O) groups excluding carboxylic acids is 1. The number of aromatic nitrogens is 2. The van der Waals surface area contributed by atoms with E-state index < -0.39 is 0 Å². The molecule has 4 heterocycles. The third-order valence-electron chi connectivity index (χ3n) is 5.67. The van der Waals surface area contributed by atoms with Gasteiger partial charge in [0.1, 0.15) is 12.1 Å². The second-order valence-corrected chi connectivity index (χ2v) is 7.23. The predicted molar refractivity (Wildman–Crippen MR) is 91.7 cm³/mol. The van der Waals surface area contributed by atoms with Crippen LogP contribution in [0.25, 0.3) is 0 Å². The Labute approximate surface area is 147 Å². The van der Waals surface area contributed by atoms with E-state index in [0.29, 0.717) is 24.9 Å². The molecule has 0 spiro atoms. The number of carbonyl (C=O) groups is 1. The van der Waals surface area contributed by atoms with Gasteiger partial charge < -0.3 is 24.6 Å². The minimum Gasteiger partial charge on any atom is -0.481 e. The lowest BCUT2D eigenvalue weighted by Crippen LogP contribution is -2.47. The predicted octanol–water partition coefficient (Wildman–Crippen LogP) is 0.743. The van der Waals surface area contributed by atoms with Crippen LogP contribution in [-0.4, -0.2) is 73.9 Å². The van der Waals surface area contributed by atoms with E-state index in [-0.39, 0.29) is 11.4 Å². The van der Waals surface area contributed by atoms with Gasteiger partial charge in [-0.15, -0.1) is 0 Å². The molecule has 0 aromatic carbocycles. The third kappa shape index (κ3) is 3.10. The van der Waals surface area contributed by atoms with Gasteiger partial charge in [0, 0.05) is 50.1 Å². The minimum absolute atomic E-state index is 0.0480. The Balaban J connectivity index is 1.43. The SMILES string of the molecule is COc1cc(N2C[C@@H]3COC[C@]3(CNC(=O)N3CCCC3)C2)ncn1. The lowest BCUT2D eigenvalue weighted by molar-refractivity contribution is 0.151. The largest absolute Gasteiger partial charge is 0.481 e. The van der Waals surface area contributed by atoms with E-state index in [0.717, 1.165) is 51.4 Å². The highest BCUT2D eigenvalue weighted by Gasteiger charge is 2.51. The first-order chi connectivity index (χ1) is 12.2. The van der Waals surface area contributed by atoms with Crippen molar-refractivity contribution in [2.75, 3.05) is 57.9 Å². The van der Waals surface area contributed by atoms with Crippen LogP contribution in [0.1, 0.15) is 12.8 Å². The van der Waals surface area contributed by atoms with Crippen molar-refractivity contribution in [2.24, 2.45) is 11.3 Å². The molecule has 3 aliphatic rings. The van der Waals surface area contributed by atoms with Gasteiger partial charge in [-0.25, -0.2) is 14.8 Å². The van der Waals surface area contributed by atoms with Crippen molar-refractivity contribution in [1.29, 1.82) is 0 Å². The fourth-order valence-corrected chi connectivity index (χ4v) is 4.15. The number of hydrogen-bond donors (Lipinski definition) is 1. The summed E-state index contributed by atoms with van der Waals surface area (Å²) in [6.45, 7) is 5.48. The van der Waals surface area contributed by atoms with Crippen LogP contribution in [0.15, 0.2) is 12.4 Å². The van der Waals surface area contributed by atoms with Crippen LogP contribution >= 0.6 is 0 Å². The second-order valence-electron chi connectivity index (χ2n) is 7.23. The van der Waals surface area contributed by atoms with Gasteiger partial charge in [-0.1, -0.05) is 0 Å². The maximum atomic E-state index is 12.3. The van der Waals surface area contributed by atoms with E-state index >= 15 is 0 Å². The van der Waals surface area contributed by atoms with E-state index in [9.17, 15) is 4.79 Å². The number of nitrogens with zero attached hydrogens (tertiary/aromatic N) is 4. The molecule has 2 atom stereocenters. The average molecular weight is 347 g/mol. The van der Waals surface area contributed by atoms with Crippen LogP contribution in [0.2, 0.25) is 0 Å². The molecule has 25 heavy (non-hydrogen) atoms. The van der Waals surface area contributed by atoms with Crippen molar-refractivity contribution in [2.45, 2.75) is 12.8 Å². The number of likely N-dealkylation sites (tertiary alicyclic amines) is 1. The Bertz CT molecular complexity index is 636. The Kier molecular flexibility index (Phi) is 4.37. The van der Waals surface area contributed by atoms with Crippen LogP contribution < -0.4 is 15.0 Å². The number of hydrogen-bond acceptors (Lipinski definition) is 6. The molecule has 0 radical (unpaired) electrons. The zero-order valence-electron chi connectivity index (χ0n) is 14.6. The Morgan fingerprint density at radius 2 is 2.28 bits per heavy atom. The van der Waals surface area contributed by atoms with E-state index in [1.807, 2.05) is 11.0 Å². The van der Waals surface area contributed by atoms with Gasteiger partial charge in [-0.3, -0.25) is 0 Å². The van der Waals surface area contributed by atoms with Crippen molar-refractivity contribution < 1.29 is 14.3 Å². The Morgan fingerprint density at radius 1 is 1.44 bits per heavy atom. The van der Waals surface area contributed by atoms with Gasteiger partial charge in [0.05, 0.1) is 20.3 Å². The van der Waals surface area contributed by atoms with Gasteiger partial charge in [-0.05, 0) is 12.8 Å². The summed E-state index contributed by atoms with van der Waals surface area (Å²) in [5.41, 5.74) is -0.0480. The van der Waals surface area contributed by atoms with E-state index in [1.165, 1.54) is 6.33 Å². The molecule has 8 heteroatoms. The van der Waals surface area contributed by atoms with Crippen molar-refractivity contribution in [3.05, 3.63) is 12.4 Å². The molecule has 0 bridgehead atoms. The standard InChI is InChI=1S/C17H25N5O3/c1-24-15-6-14(19-12-20-15)22-7-13-8-25-11-17(13,10-22)9-18-16(23)21-4-2-3-5-21/h6,12-13H,2-5,7-11H2,1H3,(H,18,23)/t13-,17+/m1/s1. The fraction of sp³-hybridized carbons (Fsp3) is 0.706. The number of methoxy groups -OCH3 is 1. The molecular weight excluding hydrogens is 322 g/mol. The number of rotatable bonds is 4. The van der Waals surface area contributed by atoms with Gasteiger partial charge in [-0.2, -0.15) is 0 Å². The number of fused-ring (bicyclic) bond motifs is 1. The molecule has 1 aromatic heterocycles. The molecule has 1 N–H and O–H groups in total. The molecule has 2 amide bonds.